The zero-order valence-corrected chi connectivity index (χ0v) is 15.9. The first-order valence-corrected chi connectivity index (χ1v) is 9.94. The van der Waals surface area contributed by atoms with Crippen molar-refractivity contribution in [2.24, 2.45) is 5.92 Å². The van der Waals surface area contributed by atoms with Gasteiger partial charge in [-0.15, -0.1) is 11.3 Å². The molecule has 1 fully saturated rings. The Hall–Kier alpha value is -1.65. The van der Waals surface area contributed by atoms with Crippen LogP contribution in [0.1, 0.15) is 54.3 Å². The van der Waals surface area contributed by atoms with Crippen LogP contribution >= 0.6 is 11.3 Å². The van der Waals surface area contributed by atoms with E-state index in [9.17, 15) is 4.79 Å². The molecule has 1 aliphatic rings. The summed E-state index contributed by atoms with van der Waals surface area (Å²) in [5.74, 6) is 1.08. The Morgan fingerprint density at radius 1 is 1.28 bits per heavy atom. The van der Waals surface area contributed by atoms with Crippen molar-refractivity contribution in [3.05, 3.63) is 58.3 Å². The van der Waals surface area contributed by atoms with Crippen LogP contribution in [0.15, 0.2) is 47.8 Å². The van der Waals surface area contributed by atoms with E-state index in [0.29, 0.717) is 18.4 Å². The van der Waals surface area contributed by atoms with Crippen LogP contribution < -0.4 is 5.32 Å². The fraction of sp³-hybridized carbons (Fsp3) is 0.476. The fourth-order valence-corrected chi connectivity index (χ4v) is 4.47. The van der Waals surface area contributed by atoms with Crippen LogP contribution in [-0.4, -0.2) is 24.7 Å². The van der Waals surface area contributed by atoms with Gasteiger partial charge in [0.05, 0.1) is 10.5 Å². The van der Waals surface area contributed by atoms with Gasteiger partial charge in [-0.3, -0.25) is 4.79 Å². The summed E-state index contributed by atoms with van der Waals surface area (Å²) in [6, 6.07) is 14.5. The van der Waals surface area contributed by atoms with Gasteiger partial charge in [0.15, 0.2) is 0 Å². The quantitative estimate of drug-likeness (QED) is 0.802. The number of carbonyl (C=O) groups is 1. The summed E-state index contributed by atoms with van der Waals surface area (Å²) in [5.41, 5.74) is 1.31. The van der Waals surface area contributed by atoms with Crippen molar-refractivity contribution in [2.45, 2.75) is 44.6 Å². The van der Waals surface area contributed by atoms with E-state index in [1.165, 1.54) is 16.9 Å². The Morgan fingerprint density at radius 3 is 2.76 bits per heavy atom. The molecule has 1 aromatic heterocycles. The van der Waals surface area contributed by atoms with Crippen LogP contribution in [-0.2, 0) is 4.74 Å². The standard InChI is InChI=1S/C21H27NO2S/c1-21(2)15-17(11-13-24-21)18(16-7-4-3-5-8-16)10-12-22-20(23)19-9-6-14-25-19/h3-9,14,17-18H,10-13,15H2,1-2H3,(H,22,23)/t17-,18-/m0/s1. The van der Waals surface area contributed by atoms with Crippen molar-refractivity contribution >= 4 is 17.2 Å². The third-order valence-corrected chi connectivity index (χ3v) is 5.89. The molecule has 1 aliphatic heterocycles. The van der Waals surface area contributed by atoms with E-state index in [1.807, 2.05) is 17.5 Å². The lowest BCUT2D eigenvalue weighted by atomic mass is 9.75. The largest absolute Gasteiger partial charge is 0.376 e. The van der Waals surface area contributed by atoms with Gasteiger partial charge in [0.2, 0.25) is 0 Å². The van der Waals surface area contributed by atoms with Crippen molar-refractivity contribution in [2.75, 3.05) is 13.2 Å². The van der Waals surface area contributed by atoms with Crippen LogP contribution in [0.5, 0.6) is 0 Å². The number of nitrogens with one attached hydrogen (secondary N) is 1. The van der Waals surface area contributed by atoms with Crippen LogP contribution in [0.25, 0.3) is 0 Å². The van der Waals surface area contributed by atoms with Crippen molar-refractivity contribution in [3.63, 3.8) is 0 Å². The molecule has 25 heavy (non-hydrogen) atoms. The first kappa shape index (κ1) is 18.2. The molecule has 1 saturated heterocycles. The van der Waals surface area contributed by atoms with Gasteiger partial charge in [0, 0.05) is 13.2 Å². The summed E-state index contributed by atoms with van der Waals surface area (Å²) in [5, 5.41) is 5.02. The van der Waals surface area contributed by atoms with Gasteiger partial charge in [-0.1, -0.05) is 36.4 Å². The van der Waals surface area contributed by atoms with Crippen LogP contribution in [0.4, 0.5) is 0 Å². The SMILES string of the molecule is CC1(C)C[C@@H]([C@@H](CCNC(=O)c2cccs2)c2ccccc2)CCO1. The molecule has 0 spiro atoms. The summed E-state index contributed by atoms with van der Waals surface area (Å²) >= 11 is 1.49. The van der Waals surface area contributed by atoms with Crippen molar-refractivity contribution in [1.29, 1.82) is 0 Å². The van der Waals surface area contributed by atoms with Gasteiger partial charge in [0.1, 0.15) is 0 Å². The maximum Gasteiger partial charge on any atom is 0.261 e. The monoisotopic (exact) mass is 357 g/mol. The Labute approximate surface area is 154 Å². The molecule has 1 amide bonds. The molecule has 0 aliphatic carbocycles. The van der Waals surface area contributed by atoms with Gasteiger partial charge in [-0.2, -0.15) is 0 Å². The maximum absolute atomic E-state index is 12.2. The second-order valence-electron chi connectivity index (χ2n) is 7.40. The van der Waals surface area contributed by atoms with E-state index in [-0.39, 0.29) is 11.5 Å². The molecular weight excluding hydrogens is 330 g/mol. The van der Waals surface area contributed by atoms with E-state index < -0.39 is 0 Å². The maximum atomic E-state index is 12.2. The molecule has 1 N–H and O–H groups in total. The lowest BCUT2D eigenvalue weighted by Crippen LogP contribution is -2.37. The normalized spacial score (nSPS) is 20.8. The minimum Gasteiger partial charge on any atom is -0.376 e. The topological polar surface area (TPSA) is 38.3 Å². The van der Waals surface area contributed by atoms with E-state index in [2.05, 4.69) is 49.5 Å². The fourth-order valence-electron chi connectivity index (χ4n) is 3.83. The van der Waals surface area contributed by atoms with Crippen LogP contribution in [0.2, 0.25) is 0 Å². The summed E-state index contributed by atoms with van der Waals surface area (Å²) < 4.78 is 5.90. The highest BCUT2D eigenvalue weighted by Gasteiger charge is 2.33. The second-order valence-corrected chi connectivity index (χ2v) is 8.35. The highest BCUT2D eigenvalue weighted by molar-refractivity contribution is 7.12. The van der Waals surface area contributed by atoms with E-state index in [4.69, 9.17) is 4.74 Å². The molecule has 0 bridgehead atoms. The zero-order valence-electron chi connectivity index (χ0n) is 15.0. The Bertz CT molecular complexity index is 666. The average Bonchev–Trinajstić information content (AvgIpc) is 3.13. The van der Waals surface area contributed by atoms with Gasteiger partial charge < -0.3 is 10.1 Å². The van der Waals surface area contributed by atoms with Crippen molar-refractivity contribution in [1.82, 2.24) is 5.32 Å². The number of hydrogen-bond acceptors (Lipinski definition) is 3. The molecule has 0 unspecified atom stereocenters. The lowest BCUT2D eigenvalue weighted by Gasteiger charge is -2.39. The molecule has 134 valence electrons. The Morgan fingerprint density at radius 2 is 2.08 bits per heavy atom. The highest BCUT2D eigenvalue weighted by atomic mass is 32.1. The van der Waals surface area contributed by atoms with Crippen LogP contribution in [0, 0.1) is 5.92 Å². The third-order valence-electron chi connectivity index (χ3n) is 5.02. The van der Waals surface area contributed by atoms with Gasteiger partial charge >= 0.3 is 0 Å². The van der Waals surface area contributed by atoms with Gasteiger partial charge in [0.25, 0.3) is 5.91 Å². The molecule has 1 aromatic carbocycles. The molecule has 0 radical (unpaired) electrons. The molecule has 3 nitrogen and oxygen atoms in total. The first-order chi connectivity index (χ1) is 12.1. The number of rotatable bonds is 6. The zero-order chi connectivity index (χ0) is 17.7. The van der Waals surface area contributed by atoms with Crippen molar-refractivity contribution in [3.8, 4) is 0 Å². The Kier molecular flexibility index (Phi) is 5.92. The van der Waals surface area contributed by atoms with Crippen LogP contribution in [0.3, 0.4) is 0 Å². The molecule has 4 heteroatoms. The number of carbonyl (C=O) groups excluding carboxylic acids is 1. The molecule has 2 atom stereocenters. The smallest absolute Gasteiger partial charge is 0.261 e. The first-order valence-electron chi connectivity index (χ1n) is 9.06. The van der Waals surface area contributed by atoms with E-state index in [0.717, 1.165) is 30.7 Å². The van der Waals surface area contributed by atoms with E-state index in [1.54, 1.807) is 0 Å². The number of benzene rings is 1. The molecule has 2 heterocycles. The summed E-state index contributed by atoms with van der Waals surface area (Å²) in [6.07, 6.45) is 3.11. The Balaban J connectivity index is 1.66. The molecule has 0 saturated carbocycles. The summed E-state index contributed by atoms with van der Waals surface area (Å²) in [4.78, 5) is 13.0. The number of hydrogen-bond donors (Lipinski definition) is 1. The van der Waals surface area contributed by atoms with Gasteiger partial charge in [-0.25, -0.2) is 0 Å². The minimum atomic E-state index is -0.0594. The van der Waals surface area contributed by atoms with Gasteiger partial charge in [-0.05, 0) is 62.0 Å². The predicted octanol–water partition coefficient (Wildman–Crippen LogP) is 4.86. The summed E-state index contributed by atoms with van der Waals surface area (Å²) in [7, 11) is 0. The lowest BCUT2D eigenvalue weighted by molar-refractivity contribution is -0.0771. The molecular formula is C21H27NO2S. The minimum absolute atomic E-state index is 0.0362. The number of amides is 1. The van der Waals surface area contributed by atoms with Crippen molar-refractivity contribution < 1.29 is 9.53 Å². The van der Waals surface area contributed by atoms with E-state index >= 15 is 0 Å². The molecule has 3 rings (SSSR count). The second kappa shape index (κ2) is 8.15. The molecule has 2 aromatic rings. The third kappa shape index (κ3) is 4.93. The summed E-state index contributed by atoms with van der Waals surface area (Å²) in [6.45, 7) is 5.89. The average molecular weight is 358 g/mol. The number of thiophene rings is 1. The highest BCUT2D eigenvalue weighted by Crippen LogP contribution is 2.39. The number of ether oxygens (including phenoxy) is 1. The predicted molar refractivity (Wildman–Crippen MR) is 103 cm³/mol.